The average molecular weight is 389 g/mol. The van der Waals surface area contributed by atoms with E-state index in [4.69, 9.17) is 0 Å². The molecule has 1 unspecified atom stereocenters. The van der Waals surface area contributed by atoms with E-state index in [1.807, 2.05) is 11.1 Å². The molecule has 0 bridgehead atoms. The summed E-state index contributed by atoms with van der Waals surface area (Å²) in [5.74, 6) is -1.22. The van der Waals surface area contributed by atoms with Gasteiger partial charge in [-0.05, 0) is 49.4 Å². The number of likely N-dealkylation sites (tertiary alicyclic amines) is 1. The van der Waals surface area contributed by atoms with Crippen LogP contribution in [0, 0.1) is 0 Å². The Bertz CT molecular complexity index is 1070. The van der Waals surface area contributed by atoms with E-state index >= 15 is 0 Å². The second-order valence-electron chi connectivity index (χ2n) is 7.70. The predicted molar refractivity (Wildman–Crippen MR) is 94.8 cm³/mol. The van der Waals surface area contributed by atoms with Gasteiger partial charge in [0.25, 0.3) is 5.91 Å². The lowest BCUT2D eigenvalue weighted by Gasteiger charge is -2.40. The number of aromatic amines is 2. The number of carbonyl (C=O) groups is 1. The van der Waals surface area contributed by atoms with Crippen LogP contribution in [0.5, 0.6) is 0 Å². The van der Waals surface area contributed by atoms with Crippen molar-refractivity contribution in [3.63, 3.8) is 0 Å². The number of carbonyl (C=O) groups excluding carboxylic acids is 1. The summed E-state index contributed by atoms with van der Waals surface area (Å²) in [6.07, 6.45) is 1.13. The van der Waals surface area contributed by atoms with Crippen LogP contribution in [0.2, 0.25) is 0 Å². The molecule has 0 radical (unpaired) electrons. The van der Waals surface area contributed by atoms with Crippen molar-refractivity contribution in [2.45, 2.75) is 37.3 Å². The molecule has 1 saturated heterocycles. The topological polar surface area (TPSA) is 77.7 Å². The fourth-order valence-electron chi connectivity index (χ4n) is 4.63. The van der Waals surface area contributed by atoms with Gasteiger partial charge in [-0.3, -0.25) is 9.89 Å². The van der Waals surface area contributed by atoms with Crippen molar-refractivity contribution in [1.82, 2.24) is 25.1 Å². The maximum absolute atomic E-state index is 13.1. The number of benzene rings is 1. The normalized spacial score (nSPS) is 22.2. The third-order valence-corrected chi connectivity index (χ3v) is 5.98. The Hall–Kier alpha value is -2.84. The van der Waals surface area contributed by atoms with Gasteiger partial charge < -0.3 is 9.88 Å². The number of hydrogen-bond donors (Lipinski definition) is 2. The van der Waals surface area contributed by atoms with Crippen LogP contribution in [0.4, 0.5) is 13.2 Å². The van der Waals surface area contributed by atoms with Crippen molar-refractivity contribution < 1.29 is 18.0 Å². The molecule has 1 aliphatic carbocycles. The summed E-state index contributed by atoms with van der Waals surface area (Å²) in [5, 5.41) is 7.26. The minimum atomic E-state index is -4.55. The highest BCUT2D eigenvalue weighted by molar-refractivity contribution is 5.97. The fraction of sp³-hybridized carbons (Fsp3) is 0.421. The first-order valence-electron chi connectivity index (χ1n) is 9.25. The molecule has 0 saturated carbocycles. The van der Waals surface area contributed by atoms with Crippen molar-refractivity contribution >= 4 is 16.9 Å². The van der Waals surface area contributed by atoms with E-state index in [0.717, 1.165) is 31.4 Å². The van der Waals surface area contributed by atoms with Crippen LogP contribution < -0.4 is 0 Å². The number of nitrogens with one attached hydrogen (secondary N) is 2. The minimum absolute atomic E-state index is 0.0959. The van der Waals surface area contributed by atoms with Gasteiger partial charge in [0.2, 0.25) is 5.82 Å². The van der Waals surface area contributed by atoms with Gasteiger partial charge in [0.1, 0.15) is 0 Å². The number of fused-ring (bicyclic) bond motifs is 3. The van der Waals surface area contributed by atoms with Gasteiger partial charge in [0, 0.05) is 29.8 Å². The second-order valence-corrected chi connectivity index (χ2v) is 7.70. The Morgan fingerprint density at radius 1 is 1.25 bits per heavy atom. The Balaban J connectivity index is 1.43. The summed E-state index contributed by atoms with van der Waals surface area (Å²) in [6.45, 7) is 1.23. The summed E-state index contributed by atoms with van der Waals surface area (Å²) < 4.78 is 38.6. The quantitative estimate of drug-likeness (QED) is 0.669. The van der Waals surface area contributed by atoms with Gasteiger partial charge >= 0.3 is 6.18 Å². The van der Waals surface area contributed by atoms with E-state index in [1.54, 1.807) is 6.07 Å². The number of aryl methyl sites for hydroxylation is 1. The lowest BCUT2D eigenvalue weighted by molar-refractivity contribution is -0.144. The van der Waals surface area contributed by atoms with Crippen LogP contribution in [0.3, 0.4) is 0 Å². The summed E-state index contributed by atoms with van der Waals surface area (Å²) in [7, 11) is 0. The first-order valence-corrected chi connectivity index (χ1v) is 9.25. The SMILES string of the molecule is O=C(c1ccc2nc(C(F)(F)F)[nH]c2c1)N1CCCC2(CCc3cn[nH]c32)C1. The first-order chi connectivity index (χ1) is 13.4. The molecule has 1 fully saturated rings. The molecule has 2 aliphatic rings. The van der Waals surface area contributed by atoms with Gasteiger partial charge in [0.05, 0.1) is 17.2 Å². The van der Waals surface area contributed by atoms with Crippen LogP contribution in [-0.4, -0.2) is 44.1 Å². The monoisotopic (exact) mass is 389 g/mol. The molecular weight excluding hydrogens is 371 g/mol. The van der Waals surface area contributed by atoms with E-state index in [1.165, 1.54) is 17.7 Å². The molecule has 1 amide bonds. The molecule has 1 atom stereocenters. The van der Waals surface area contributed by atoms with Gasteiger partial charge in [-0.2, -0.15) is 18.3 Å². The zero-order valence-electron chi connectivity index (χ0n) is 14.9. The predicted octanol–water partition coefficient (Wildman–Crippen LogP) is 3.43. The van der Waals surface area contributed by atoms with E-state index in [9.17, 15) is 18.0 Å². The summed E-state index contributed by atoms with van der Waals surface area (Å²) in [6, 6.07) is 4.46. The molecular formula is C19H18F3N5O. The van der Waals surface area contributed by atoms with Crippen molar-refractivity contribution in [1.29, 1.82) is 0 Å². The first kappa shape index (κ1) is 17.3. The molecule has 1 aromatic carbocycles. The highest BCUT2D eigenvalue weighted by atomic mass is 19.4. The molecule has 2 aromatic heterocycles. The van der Waals surface area contributed by atoms with E-state index in [-0.39, 0.29) is 22.4 Å². The number of piperidine rings is 1. The fourth-order valence-corrected chi connectivity index (χ4v) is 4.63. The third-order valence-electron chi connectivity index (χ3n) is 5.98. The molecule has 3 heterocycles. The summed E-state index contributed by atoms with van der Waals surface area (Å²) in [4.78, 5) is 20.7. The number of amides is 1. The number of rotatable bonds is 1. The molecule has 2 N–H and O–H groups in total. The average Bonchev–Trinajstić information content (AvgIpc) is 3.37. The van der Waals surface area contributed by atoms with Crippen LogP contribution in [-0.2, 0) is 18.0 Å². The Labute approximate surface area is 158 Å². The number of halogens is 3. The van der Waals surface area contributed by atoms with Crippen molar-refractivity contribution in [2.24, 2.45) is 0 Å². The lowest BCUT2D eigenvalue weighted by Crippen LogP contribution is -2.47. The number of imidazole rings is 1. The van der Waals surface area contributed by atoms with E-state index < -0.39 is 12.0 Å². The third kappa shape index (κ3) is 2.60. The maximum Gasteiger partial charge on any atom is 0.449 e. The standard InChI is InChI=1S/C19H18F3N5O/c20-19(21,22)17-24-13-3-2-11(8-14(13)25-17)16(28)27-7-1-5-18(10-27)6-4-12-9-23-26-15(12)18/h2-3,8-9H,1,4-7,10H2,(H,23,26)(H,24,25). The van der Waals surface area contributed by atoms with Crippen LogP contribution >= 0.6 is 0 Å². The number of hydrogen-bond acceptors (Lipinski definition) is 3. The minimum Gasteiger partial charge on any atom is -0.338 e. The maximum atomic E-state index is 13.1. The van der Waals surface area contributed by atoms with Crippen molar-refractivity contribution in [3.05, 3.63) is 47.0 Å². The second kappa shape index (κ2) is 5.83. The van der Waals surface area contributed by atoms with Gasteiger partial charge in [-0.15, -0.1) is 0 Å². The van der Waals surface area contributed by atoms with Crippen molar-refractivity contribution in [3.8, 4) is 0 Å². The van der Waals surface area contributed by atoms with Crippen molar-refractivity contribution in [2.75, 3.05) is 13.1 Å². The van der Waals surface area contributed by atoms with Crippen LogP contribution in [0.1, 0.15) is 46.7 Å². The smallest absolute Gasteiger partial charge is 0.338 e. The van der Waals surface area contributed by atoms with E-state index in [2.05, 4.69) is 20.2 Å². The molecule has 3 aromatic rings. The molecule has 146 valence electrons. The van der Waals surface area contributed by atoms with E-state index in [0.29, 0.717) is 18.7 Å². The van der Waals surface area contributed by atoms with Gasteiger partial charge in [0.15, 0.2) is 0 Å². The Morgan fingerprint density at radius 2 is 2.11 bits per heavy atom. The number of aromatic nitrogens is 4. The van der Waals surface area contributed by atoms with Gasteiger partial charge in [-0.25, -0.2) is 4.98 Å². The Kier molecular flexibility index (Phi) is 3.59. The molecule has 1 spiro atoms. The lowest BCUT2D eigenvalue weighted by atomic mass is 9.77. The highest BCUT2D eigenvalue weighted by Gasteiger charge is 2.44. The summed E-state index contributed by atoms with van der Waals surface area (Å²) >= 11 is 0. The number of nitrogens with zero attached hydrogens (tertiary/aromatic N) is 3. The zero-order valence-corrected chi connectivity index (χ0v) is 14.9. The summed E-state index contributed by atoms with van der Waals surface area (Å²) in [5.41, 5.74) is 3.02. The highest BCUT2D eigenvalue weighted by Crippen LogP contribution is 2.44. The number of H-pyrrole nitrogens is 2. The number of alkyl halides is 3. The van der Waals surface area contributed by atoms with Crippen LogP contribution in [0.15, 0.2) is 24.4 Å². The molecule has 5 rings (SSSR count). The Morgan fingerprint density at radius 3 is 2.93 bits per heavy atom. The molecule has 1 aliphatic heterocycles. The zero-order chi connectivity index (χ0) is 19.5. The van der Waals surface area contributed by atoms with Crippen LogP contribution in [0.25, 0.3) is 11.0 Å². The largest absolute Gasteiger partial charge is 0.449 e. The van der Waals surface area contributed by atoms with Gasteiger partial charge in [-0.1, -0.05) is 0 Å². The molecule has 9 heteroatoms. The molecule has 6 nitrogen and oxygen atoms in total. The molecule has 28 heavy (non-hydrogen) atoms.